The molecule has 3 nitrogen and oxygen atoms in total. The molecule has 3 heteroatoms. The number of rotatable bonds is 0. The fraction of sp³-hybridized carbons (Fsp3) is 0.400. The largest absolute Gasteiger partial charge is 0.403 e. The van der Waals surface area contributed by atoms with Crippen molar-refractivity contribution in [3.63, 3.8) is 0 Å². The van der Waals surface area contributed by atoms with Crippen molar-refractivity contribution in [3.8, 4) is 0 Å². The highest BCUT2D eigenvalue weighted by Gasteiger charge is 2.16. The zero-order chi connectivity index (χ0) is 9.59. The van der Waals surface area contributed by atoms with Gasteiger partial charge in [0.05, 0.1) is 13.2 Å². The molecular formula is C10H14N3+. The number of aromatic nitrogens is 3. The van der Waals surface area contributed by atoms with Gasteiger partial charge >= 0.3 is 5.78 Å². The SMILES string of the molecule is Cc1ccn2c(C)c(C)[n+](C)c2n1. The van der Waals surface area contributed by atoms with E-state index in [9.17, 15) is 0 Å². The normalized spacial score (nSPS) is 11.1. The molecule has 0 aromatic carbocycles. The Labute approximate surface area is 77.7 Å². The molecule has 13 heavy (non-hydrogen) atoms. The average molecular weight is 176 g/mol. The Morgan fingerprint density at radius 2 is 2.00 bits per heavy atom. The van der Waals surface area contributed by atoms with Crippen LogP contribution in [-0.2, 0) is 7.05 Å². The molecule has 2 rings (SSSR count). The van der Waals surface area contributed by atoms with Gasteiger partial charge in [-0.1, -0.05) is 4.98 Å². The smallest absolute Gasteiger partial charge is 0.232 e. The van der Waals surface area contributed by atoms with Crippen LogP contribution in [0.2, 0.25) is 0 Å². The Hall–Kier alpha value is -1.38. The van der Waals surface area contributed by atoms with Crippen molar-refractivity contribution in [2.75, 3.05) is 0 Å². The average Bonchev–Trinajstić information content (AvgIpc) is 2.32. The Kier molecular flexibility index (Phi) is 1.62. The number of imidazole rings is 1. The number of fused-ring (bicyclic) bond motifs is 1. The van der Waals surface area contributed by atoms with Crippen LogP contribution in [0.15, 0.2) is 12.3 Å². The first-order valence-corrected chi connectivity index (χ1v) is 4.42. The lowest BCUT2D eigenvalue weighted by atomic mass is 10.4. The van der Waals surface area contributed by atoms with Crippen LogP contribution in [0.5, 0.6) is 0 Å². The van der Waals surface area contributed by atoms with Crippen molar-refractivity contribution in [3.05, 3.63) is 29.3 Å². The van der Waals surface area contributed by atoms with Crippen LogP contribution in [0, 0.1) is 20.8 Å². The monoisotopic (exact) mass is 176 g/mol. The Bertz CT molecular complexity index is 468. The van der Waals surface area contributed by atoms with E-state index in [2.05, 4.69) is 34.0 Å². The van der Waals surface area contributed by atoms with Crippen LogP contribution in [0.1, 0.15) is 17.1 Å². The second-order valence-corrected chi connectivity index (χ2v) is 3.47. The Morgan fingerprint density at radius 3 is 2.69 bits per heavy atom. The summed E-state index contributed by atoms with van der Waals surface area (Å²) < 4.78 is 4.23. The number of hydrogen-bond donors (Lipinski definition) is 0. The van der Waals surface area contributed by atoms with Crippen molar-refractivity contribution in [2.45, 2.75) is 20.8 Å². The molecule has 0 N–H and O–H groups in total. The molecule has 0 amide bonds. The molecule has 68 valence electrons. The van der Waals surface area contributed by atoms with E-state index in [4.69, 9.17) is 0 Å². The van der Waals surface area contributed by atoms with Gasteiger partial charge in [-0.2, -0.15) is 0 Å². The first kappa shape index (κ1) is 8.23. The maximum Gasteiger partial charge on any atom is 0.403 e. The van der Waals surface area contributed by atoms with Crippen molar-refractivity contribution < 1.29 is 4.57 Å². The van der Waals surface area contributed by atoms with Gasteiger partial charge in [0.1, 0.15) is 17.1 Å². The summed E-state index contributed by atoms with van der Waals surface area (Å²) in [7, 11) is 2.05. The van der Waals surface area contributed by atoms with Gasteiger partial charge in [0.2, 0.25) is 0 Å². The summed E-state index contributed by atoms with van der Waals surface area (Å²) in [5.41, 5.74) is 3.57. The van der Waals surface area contributed by atoms with Gasteiger partial charge in [-0.3, -0.25) is 0 Å². The van der Waals surface area contributed by atoms with Crippen LogP contribution in [0.25, 0.3) is 5.78 Å². The highest BCUT2D eigenvalue weighted by molar-refractivity contribution is 5.28. The van der Waals surface area contributed by atoms with Gasteiger partial charge in [0.15, 0.2) is 0 Å². The molecule has 0 saturated carbocycles. The van der Waals surface area contributed by atoms with Crippen molar-refractivity contribution >= 4 is 5.78 Å². The third-order valence-electron chi connectivity index (χ3n) is 2.64. The second kappa shape index (κ2) is 2.55. The minimum absolute atomic E-state index is 1.01. The topological polar surface area (TPSA) is 21.2 Å². The fourth-order valence-electron chi connectivity index (χ4n) is 1.56. The minimum atomic E-state index is 1.01. The Balaban J connectivity index is 2.95. The molecule has 0 fully saturated rings. The first-order valence-electron chi connectivity index (χ1n) is 4.42. The maximum absolute atomic E-state index is 4.48. The van der Waals surface area contributed by atoms with E-state index in [-0.39, 0.29) is 0 Å². The van der Waals surface area contributed by atoms with Crippen LogP contribution < -0.4 is 4.57 Å². The van der Waals surface area contributed by atoms with Gasteiger partial charge in [-0.15, -0.1) is 0 Å². The van der Waals surface area contributed by atoms with Gasteiger partial charge in [0.25, 0.3) is 0 Å². The lowest BCUT2D eigenvalue weighted by Crippen LogP contribution is -2.30. The summed E-state index contributed by atoms with van der Waals surface area (Å²) >= 11 is 0. The second-order valence-electron chi connectivity index (χ2n) is 3.47. The Morgan fingerprint density at radius 1 is 1.31 bits per heavy atom. The molecule has 0 aliphatic rings. The van der Waals surface area contributed by atoms with E-state index in [1.807, 2.05) is 20.0 Å². The first-order chi connectivity index (χ1) is 6.11. The number of aryl methyl sites for hydroxylation is 3. The standard InChI is InChI=1S/C10H14N3/c1-7-5-6-13-9(3)8(2)12(4)10(13)11-7/h5-6H,1-4H3/q+1. The summed E-state index contributed by atoms with van der Waals surface area (Å²) in [4.78, 5) is 4.48. The van der Waals surface area contributed by atoms with E-state index in [0.29, 0.717) is 0 Å². The van der Waals surface area contributed by atoms with Crippen LogP contribution >= 0.6 is 0 Å². The van der Waals surface area contributed by atoms with Gasteiger partial charge < -0.3 is 0 Å². The van der Waals surface area contributed by atoms with E-state index < -0.39 is 0 Å². The molecule has 0 aliphatic heterocycles. The minimum Gasteiger partial charge on any atom is -0.232 e. The summed E-state index contributed by atoms with van der Waals surface area (Å²) in [6, 6.07) is 2.03. The van der Waals surface area contributed by atoms with E-state index in [0.717, 1.165) is 11.5 Å². The number of nitrogens with zero attached hydrogens (tertiary/aromatic N) is 3. The van der Waals surface area contributed by atoms with Gasteiger partial charge in [-0.05, 0) is 20.8 Å². The quantitative estimate of drug-likeness (QED) is 0.550. The van der Waals surface area contributed by atoms with Crippen molar-refractivity contribution in [1.29, 1.82) is 0 Å². The predicted molar refractivity (Wildman–Crippen MR) is 50.6 cm³/mol. The molecule has 0 bridgehead atoms. The predicted octanol–water partition coefficient (Wildman–Crippen LogP) is 1.08. The summed E-state index contributed by atoms with van der Waals surface area (Å²) in [6.45, 7) is 6.23. The van der Waals surface area contributed by atoms with E-state index in [1.54, 1.807) is 0 Å². The lowest BCUT2D eigenvalue weighted by molar-refractivity contribution is -0.652. The van der Waals surface area contributed by atoms with Gasteiger partial charge in [0, 0.05) is 6.07 Å². The van der Waals surface area contributed by atoms with E-state index >= 15 is 0 Å². The molecular weight excluding hydrogens is 162 g/mol. The van der Waals surface area contributed by atoms with Gasteiger partial charge in [-0.25, -0.2) is 8.97 Å². The molecule has 0 spiro atoms. The van der Waals surface area contributed by atoms with Crippen molar-refractivity contribution in [2.24, 2.45) is 7.05 Å². The highest BCUT2D eigenvalue weighted by Crippen LogP contribution is 2.06. The molecule has 2 aromatic heterocycles. The number of hydrogen-bond acceptors (Lipinski definition) is 1. The maximum atomic E-state index is 4.48. The third kappa shape index (κ3) is 1.03. The molecule has 0 atom stereocenters. The zero-order valence-corrected chi connectivity index (χ0v) is 8.50. The van der Waals surface area contributed by atoms with E-state index in [1.165, 1.54) is 11.4 Å². The summed E-state index contributed by atoms with van der Waals surface area (Å²) in [6.07, 6.45) is 2.07. The molecule has 0 saturated heterocycles. The van der Waals surface area contributed by atoms with Crippen LogP contribution in [0.3, 0.4) is 0 Å². The highest BCUT2D eigenvalue weighted by atomic mass is 15.2. The molecule has 0 unspecified atom stereocenters. The molecule has 0 radical (unpaired) electrons. The lowest BCUT2D eigenvalue weighted by Gasteiger charge is -1.88. The summed E-state index contributed by atoms with van der Waals surface area (Å²) in [5, 5.41) is 0. The third-order valence-corrected chi connectivity index (χ3v) is 2.64. The van der Waals surface area contributed by atoms with Crippen LogP contribution in [0.4, 0.5) is 0 Å². The van der Waals surface area contributed by atoms with Crippen molar-refractivity contribution in [1.82, 2.24) is 9.38 Å². The molecule has 2 aromatic rings. The van der Waals surface area contributed by atoms with Crippen LogP contribution in [-0.4, -0.2) is 9.38 Å². The zero-order valence-electron chi connectivity index (χ0n) is 8.50. The molecule has 2 heterocycles. The summed E-state index contributed by atoms with van der Waals surface area (Å²) in [5.74, 6) is 1.01. The fourth-order valence-corrected chi connectivity index (χ4v) is 1.56. The molecule has 0 aliphatic carbocycles.